The van der Waals surface area contributed by atoms with Crippen molar-refractivity contribution in [2.24, 2.45) is 0 Å². The molecule has 0 bridgehead atoms. The van der Waals surface area contributed by atoms with Crippen molar-refractivity contribution in [1.29, 1.82) is 0 Å². The van der Waals surface area contributed by atoms with Crippen LogP contribution in [0.2, 0.25) is 0 Å². The Balaban J connectivity index is 0. The average molecular weight is 641 g/mol. The largest absolute Gasteiger partial charge is 1.00 e. The maximum atomic E-state index is 9.92. The summed E-state index contributed by atoms with van der Waals surface area (Å²) in [6.45, 7) is 10.3. The predicted octanol–water partition coefficient (Wildman–Crippen LogP) is 10.3. The Kier molecular flexibility index (Phi) is 38.7. The van der Waals surface area contributed by atoms with Crippen molar-refractivity contribution in [2.45, 2.75) is 213 Å². The van der Waals surface area contributed by atoms with Crippen molar-refractivity contribution in [3.63, 3.8) is 0 Å². The maximum absolute atomic E-state index is 9.92. The molecule has 0 aromatic heterocycles. The van der Waals surface area contributed by atoms with Crippen LogP contribution in [-0.2, 0) is 0 Å². The summed E-state index contributed by atoms with van der Waals surface area (Å²) in [5, 5.41) is 9.92. The third-order valence-electron chi connectivity index (χ3n) is 9.51. The third kappa shape index (κ3) is 36.2. The molecule has 0 saturated heterocycles. The van der Waals surface area contributed by atoms with Crippen LogP contribution in [0.15, 0.2) is 24.3 Å². The second-order valence-electron chi connectivity index (χ2n) is 14.3. The molecule has 0 aliphatic rings. The van der Waals surface area contributed by atoms with E-state index in [0.717, 1.165) is 17.4 Å². The van der Waals surface area contributed by atoms with E-state index in [-0.39, 0.29) is 18.5 Å². The number of halogens is 1. The number of unbranched alkanes of at least 4 members (excludes halogenated alkanes) is 24. The molecular weight excluding hydrogens is 558 g/mol. The summed E-state index contributed by atoms with van der Waals surface area (Å²) in [5.74, 6) is 0. The molecule has 0 aromatic carbocycles. The van der Waals surface area contributed by atoms with Crippen LogP contribution in [0.3, 0.4) is 0 Å². The molecule has 0 aliphatic heterocycles. The Morgan fingerprint density at radius 3 is 1.00 bits per heavy atom. The molecule has 0 radical (unpaired) electrons. The zero-order valence-electron chi connectivity index (χ0n) is 30.8. The van der Waals surface area contributed by atoms with Crippen molar-refractivity contribution in [3.05, 3.63) is 24.3 Å². The first-order chi connectivity index (χ1) is 21.0. The maximum Gasteiger partial charge on any atom is 0.0809 e. The number of quaternary nitrogens is 1. The quantitative estimate of drug-likeness (QED) is 0.0415. The molecule has 0 saturated carbocycles. The number of aliphatic hydroxyl groups excluding tert-OH is 1. The van der Waals surface area contributed by atoms with E-state index in [0.29, 0.717) is 0 Å². The first-order valence-corrected chi connectivity index (χ1v) is 19.9. The van der Waals surface area contributed by atoms with Crippen LogP contribution in [-0.4, -0.2) is 42.4 Å². The van der Waals surface area contributed by atoms with Gasteiger partial charge < -0.3 is 22.0 Å². The van der Waals surface area contributed by atoms with Crippen LogP contribution in [0.5, 0.6) is 0 Å². The highest BCUT2D eigenvalue weighted by molar-refractivity contribution is 4.82. The molecule has 0 rings (SSSR count). The molecule has 264 valence electrons. The summed E-state index contributed by atoms with van der Waals surface area (Å²) >= 11 is 0. The molecule has 3 heteroatoms. The van der Waals surface area contributed by atoms with Crippen molar-refractivity contribution in [3.8, 4) is 0 Å². The Hall–Kier alpha value is -0.310. The Morgan fingerprint density at radius 1 is 0.432 bits per heavy atom. The summed E-state index contributed by atoms with van der Waals surface area (Å²) in [6.07, 6.45) is 49.0. The second kappa shape index (κ2) is 37.2. The number of allylic oxidation sites excluding steroid dienone is 4. The number of hydrogen-bond acceptors (Lipinski definition) is 1. The Labute approximate surface area is 285 Å². The van der Waals surface area contributed by atoms with Gasteiger partial charge in [0.1, 0.15) is 0 Å². The van der Waals surface area contributed by atoms with E-state index in [1.54, 1.807) is 0 Å². The smallest absolute Gasteiger partial charge is 0.0809 e. The topological polar surface area (TPSA) is 20.2 Å². The first-order valence-electron chi connectivity index (χ1n) is 19.9. The van der Waals surface area contributed by atoms with Crippen molar-refractivity contribution in [1.82, 2.24) is 0 Å². The Bertz CT molecular complexity index is 545. The van der Waals surface area contributed by atoms with Crippen LogP contribution < -0.4 is 12.4 Å². The molecule has 0 aliphatic carbocycles. The van der Waals surface area contributed by atoms with Gasteiger partial charge in [-0.25, -0.2) is 0 Å². The fourth-order valence-electron chi connectivity index (χ4n) is 6.32. The summed E-state index contributed by atoms with van der Waals surface area (Å²) < 4.78 is 1.16. The van der Waals surface area contributed by atoms with Gasteiger partial charge in [-0.1, -0.05) is 141 Å². The number of hydrogen-bond donors (Lipinski definition) is 1. The van der Waals surface area contributed by atoms with E-state index in [1.165, 1.54) is 193 Å². The van der Waals surface area contributed by atoms with E-state index in [4.69, 9.17) is 0 Å². The normalized spacial score (nSPS) is 12.8. The molecule has 0 amide bonds. The predicted molar refractivity (Wildman–Crippen MR) is 196 cm³/mol. The average Bonchev–Trinajstić information content (AvgIpc) is 2.99. The molecule has 2 nitrogen and oxygen atoms in total. The minimum absolute atomic E-state index is 0. The number of nitrogens with zero attached hydrogens (tertiary/aromatic N) is 1. The lowest BCUT2D eigenvalue weighted by molar-refractivity contribution is -0.910. The Morgan fingerprint density at radius 2 is 0.705 bits per heavy atom. The van der Waals surface area contributed by atoms with Crippen LogP contribution in [0, 0.1) is 0 Å². The highest BCUT2D eigenvalue weighted by Crippen LogP contribution is 2.16. The van der Waals surface area contributed by atoms with E-state index < -0.39 is 0 Å². The molecule has 0 fully saturated rings. The molecule has 1 atom stereocenters. The fourth-order valence-corrected chi connectivity index (χ4v) is 6.32. The van der Waals surface area contributed by atoms with Gasteiger partial charge in [-0.3, -0.25) is 0 Å². The molecule has 1 N–H and O–H groups in total. The number of aliphatic hydroxyl groups is 1. The van der Waals surface area contributed by atoms with Crippen LogP contribution in [0.4, 0.5) is 0 Å². The monoisotopic (exact) mass is 640 g/mol. The minimum atomic E-state index is -0.169. The molecule has 0 aromatic rings. The van der Waals surface area contributed by atoms with E-state index in [2.05, 4.69) is 45.2 Å². The van der Waals surface area contributed by atoms with Crippen LogP contribution in [0.25, 0.3) is 0 Å². The van der Waals surface area contributed by atoms with E-state index >= 15 is 0 Å². The van der Waals surface area contributed by atoms with Gasteiger partial charge >= 0.3 is 0 Å². The summed E-state index contributed by atoms with van der Waals surface area (Å²) in [7, 11) is 2.46. The van der Waals surface area contributed by atoms with Gasteiger partial charge in [0.25, 0.3) is 0 Å². The van der Waals surface area contributed by atoms with Gasteiger partial charge in [-0.05, 0) is 84.0 Å². The number of rotatable bonds is 35. The van der Waals surface area contributed by atoms with Gasteiger partial charge in [-0.15, -0.1) is 0 Å². The van der Waals surface area contributed by atoms with Crippen molar-refractivity contribution >= 4 is 0 Å². The van der Waals surface area contributed by atoms with Gasteiger partial charge in [-0.2, -0.15) is 0 Å². The summed E-state index contributed by atoms with van der Waals surface area (Å²) in [5.41, 5.74) is 0. The van der Waals surface area contributed by atoms with Crippen LogP contribution >= 0.6 is 0 Å². The second-order valence-corrected chi connectivity index (χ2v) is 14.3. The van der Waals surface area contributed by atoms with Gasteiger partial charge in [0, 0.05) is 6.42 Å². The van der Waals surface area contributed by atoms with Gasteiger partial charge in [0.15, 0.2) is 0 Å². The molecular formula is C41H82ClNO. The SMILES string of the molecule is CCCCCCCC/C=C\CCCCCCCC[N+](C)(CCCCCCCC/C=C\CCCCCCCC)CCC(C)O.[Cl-]. The highest BCUT2D eigenvalue weighted by atomic mass is 35.5. The fraction of sp³-hybridized carbons (Fsp3) is 0.902. The molecule has 0 spiro atoms. The summed E-state index contributed by atoms with van der Waals surface area (Å²) in [4.78, 5) is 0. The van der Waals surface area contributed by atoms with E-state index in [1.807, 2.05) is 6.92 Å². The molecule has 1 unspecified atom stereocenters. The lowest BCUT2D eigenvalue weighted by Gasteiger charge is -2.35. The van der Waals surface area contributed by atoms with Gasteiger partial charge in [0.05, 0.1) is 32.8 Å². The third-order valence-corrected chi connectivity index (χ3v) is 9.51. The first kappa shape index (κ1) is 45.8. The lowest BCUT2D eigenvalue weighted by atomic mass is 10.1. The highest BCUT2D eigenvalue weighted by Gasteiger charge is 2.21. The minimum Gasteiger partial charge on any atom is -1.00 e. The van der Waals surface area contributed by atoms with Crippen molar-refractivity contribution < 1.29 is 22.0 Å². The zero-order valence-corrected chi connectivity index (χ0v) is 31.5. The summed E-state index contributed by atoms with van der Waals surface area (Å²) in [6, 6.07) is 0. The van der Waals surface area contributed by atoms with Gasteiger partial charge in [0.2, 0.25) is 0 Å². The standard InChI is InChI=1S/C41H82NO.ClH/c1-5-7-9-11-13-15-17-19-21-23-25-27-29-31-33-35-38-42(4,40-37-41(3)43)39-36-34-32-30-28-26-24-22-20-18-16-14-12-10-8-6-2;/h19-22,41,43H,5-18,23-40H2,1-4H3;1H/q+1;/p-1/b21-19-,22-20-;. The molecule has 44 heavy (non-hydrogen) atoms. The van der Waals surface area contributed by atoms with E-state index in [9.17, 15) is 5.11 Å². The molecule has 0 heterocycles. The lowest BCUT2D eigenvalue weighted by Crippen LogP contribution is -3.00. The van der Waals surface area contributed by atoms with Crippen molar-refractivity contribution in [2.75, 3.05) is 26.7 Å². The van der Waals surface area contributed by atoms with Crippen LogP contribution in [0.1, 0.15) is 207 Å². The zero-order chi connectivity index (χ0) is 31.5.